The molecular formula is C16H27NO3. The molecule has 1 aromatic rings. The highest BCUT2D eigenvalue weighted by atomic mass is 16.5. The number of hydrogen-bond donors (Lipinski definition) is 1. The number of rotatable bonds is 10. The van der Waals surface area contributed by atoms with Gasteiger partial charge in [0.05, 0.1) is 25.9 Å². The Bertz CT molecular complexity index is 362. The maximum absolute atomic E-state index is 6.14. The molecule has 0 aromatic heterocycles. The minimum atomic E-state index is -0.0667. The maximum Gasteiger partial charge on any atom is 0.0700 e. The average Bonchev–Trinajstić information content (AvgIpc) is 2.40. The molecule has 0 aliphatic heterocycles. The minimum Gasteiger partial charge on any atom is -0.382 e. The van der Waals surface area contributed by atoms with Crippen LogP contribution < -0.4 is 5.73 Å². The van der Waals surface area contributed by atoms with Gasteiger partial charge < -0.3 is 19.9 Å². The van der Waals surface area contributed by atoms with Gasteiger partial charge in [-0.15, -0.1) is 0 Å². The summed E-state index contributed by atoms with van der Waals surface area (Å²) in [6, 6.07) is 6.32. The van der Waals surface area contributed by atoms with Crippen LogP contribution in [0.1, 0.15) is 29.2 Å². The summed E-state index contributed by atoms with van der Waals surface area (Å²) in [5.41, 5.74) is 9.75. The van der Waals surface area contributed by atoms with Gasteiger partial charge in [0.25, 0.3) is 0 Å². The summed E-state index contributed by atoms with van der Waals surface area (Å²) in [7, 11) is 1.67. The van der Waals surface area contributed by atoms with E-state index < -0.39 is 0 Å². The van der Waals surface area contributed by atoms with Gasteiger partial charge in [-0.05, 0) is 25.8 Å². The third-order valence-corrected chi connectivity index (χ3v) is 2.98. The number of aryl methyl sites for hydroxylation is 2. The van der Waals surface area contributed by atoms with Crippen LogP contribution in [0.3, 0.4) is 0 Å². The Morgan fingerprint density at radius 1 is 0.950 bits per heavy atom. The molecule has 20 heavy (non-hydrogen) atoms. The number of ether oxygens (including phenoxy) is 3. The van der Waals surface area contributed by atoms with E-state index in [0.717, 1.165) is 12.0 Å². The number of benzene rings is 1. The summed E-state index contributed by atoms with van der Waals surface area (Å²) in [6.07, 6.45) is 0.878. The van der Waals surface area contributed by atoms with Crippen LogP contribution >= 0.6 is 0 Å². The van der Waals surface area contributed by atoms with E-state index in [-0.39, 0.29) is 6.04 Å². The van der Waals surface area contributed by atoms with E-state index in [1.807, 2.05) is 0 Å². The van der Waals surface area contributed by atoms with Gasteiger partial charge in [-0.1, -0.05) is 29.3 Å². The van der Waals surface area contributed by atoms with Gasteiger partial charge in [-0.2, -0.15) is 0 Å². The molecule has 0 amide bonds. The molecule has 0 aliphatic rings. The fraction of sp³-hybridized carbons (Fsp3) is 0.625. The minimum absolute atomic E-state index is 0.0667. The summed E-state index contributed by atoms with van der Waals surface area (Å²) >= 11 is 0. The lowest BCUT2D eigenvalue weighted by Crippen LogP contribution is -2.18. The van der Waals surface area contributed by atoms with E-state index in [2.05, 4.69) is 32.0 Å². The van der Waals surface area contributed by atoms with Crippen molar-refractivity contribution in [1.82, 2.24) is 0 Å². The second kappa shape index (κ2) is 9.88. The summed E-state index contributed by atoms with van der Waals surface area (Å²) in [5, 5.41) is 0. The van der Waals surface area contributed by atoms with E-state index in [1.165, 1.54) is 11.1 Å². The molecule has 0 saturated carbocycles. The zero-order valence-electron chi connectivity index (χ0n) is 12.9. The highest BCUT2D eigenvalue weighted by Crippen LogP contribution is 2.15. The predicted molar refractivity (Wildman–Crippen MR) is 81.0 cm³/mol. The Balaban J connectivity index is 2.15. The van der Waals surface area contributed by atoms with Crippen LogP contribution in [-0.2, 0) is 14.2 Å². The Kier molecular flexibility index (Phi) is 8.46. The van der Waals surface area contributed by atoms with Crippen LogP contribution in [0.2, 0.25) is 0 Å². The SMILES string of the molecule is COCCOCCCOCC(N)c1cc(C)cc(C)c1. The molecule has 0 radical (unpaired) electrons. The van der Waals surface area contributed by atoms with Crippen molar-refractivity contribution in [3.8, 4) is 0 Å². The molecule has 0 spiro atoms. The van der Waals surface area contributed by atoms with E-state index in [1.54, 1.807) is 7.11 Å². The zero-order chi connectivity index (χ0) is 14.8. The lowest BCUT2D eigenvalue weighted by molar-refractivity contribution is 0.0492. The van der Waals surface area contributed by atoms with Gasteiger partial charge in [0.1, 0.15) is 0 Å². The first-order valence-corrected chi connectivity index (χ1v) is 7.11. The molecule has 4 nitrogen and oxygen atoms in total. The van der Waals surface area contributed by atoms with E-state index in [9.17, 15) is 0 Å². The van der Waals surface area contributed by atoms with Gasteiger partial charge in [-0.3, -0.25) is 0 Å². The van der Waals surface area contributed by atoms with Crippen LogP contribution in [0, 0.1) is 13.8 Å². The monoisotopic (exact) mass is 281 g/mol. The normalized spacial score (nSPS) is 12.6. The van der Waals surface area contributed by atoms with Crippen LogP contribution in [0.25, 0.3) is 0 Å². The highest BCUT2D eigenvalue weighted by molar-refractivity contribution is 5.30. The number of hydrogen-bond acceptors (Lipinski definition) is 4. The molecule has 114 valence electrons. The second-order valence-corrected chi connectivity index (χ2v) is 5.06. The lowest BCUT2D eigenvalue weighted by Gasteiger charge is -2.14. The van der Waals surface area contributed by atoms with Crippen molar-refractivity contribution in [2.75, 3.05) is 40.1 Å². The summed E-state index contributed by atoms with van der Waals surface area (Å²) in [5.74, 6) is 0. The zero-order valence-corrected chi connectivity index (χ0v) is 12.9. The Morgan fingerprint density at radius 2 is 1.60 bits per heavy atom. The first-order chi connectivity index (χ1) is 9.63. The molecule has 0 fully saturated rings. The molecule has 1 aromatic carbocycles. The average molecular weight is 281 g/mol. The van der Waals surface area contributed by atoms with Crippen LogP contribution in [-0.4, -0.2) is 40.1 Å². The molecule has 1 unspecified atom stereocenters. The van der Waals surface area contributed by atoms with Crippen molar-refractivity contribution in [2.24, 2.45) is 5.73 Å². The van der Waals surface area contributed by atoms with Crippen molar-refractivity contribution >= 4 is 0 Å². The van der Waals surface area contributed by atoms with Crippen molar-refractivity contribution in [1.29, 1.82) is 0 Å². The van der Waals surface area contributed by atoms with Crippen LogP contribution in [0.15, 0.2) is 18.2 Å². The van der Waals surface area contributed by atoms with Crippen molar-refractivity contribution in [3.05, 3.63) is 34.9 Å². The fourth-order valence-corrected chi connectivity index (χ4v) is 2.04. The van der Waals surface area contributed by atoms with Crippen molar-refractivity contribution < 1.29 is 14.2 Å². The molecule has 1 atom stereocenters. The Morgan fingerprint density at radius 3 is 2.25 bits per heavy atom. The highest BCUT2D eigenvalue weighted by Gasteiger charge is 2.07. The van der Waals surface area contributed by atoms with Gasteiger partial charge in [-0.25, -0.2) is 0 Å². The van der Waals surface area contributed by atoms with E-state index >= 15 is 0 Å². The Labute approximate surface area is 122 Å². The largest absolute Gasteiger partial charge is 0.382 e. The molecule has 0 heterocycles. The third kappa shape index (κ3) is 7.01. The molecular weight excluding hydrogens is 254 g/mol. The Hall–Kier alpha value is -0.940. The lowest BCUT2D eigenvalue weighted by atomic mass is 10.0. The molecule has 0 saturated heterocycles. The van der Waals surface area contributed by atoms with Gasteiger partial charge in [0.2, 0.25) is 0 Å². The molecule has 4 heteroatoms. The van der Waals surface area contributed by atoms with E-state index in [0.29, 0.717) is 33.0 Å². The summed E-state index contributed by atoms with van der Waals surface area (Å²) in [6.45, 7) is 7.36. The first-order valence-electron chi connectivity index (χ1n) is 7.11. The molecule has 2 N–H and O–H groups in total. The van der Waals surface area contributed by atoms with Gasteiger partial charge >= 0.3 is 0 Å². The smallest absolute Gasteiger partial charge is 0.0700 e. The van der Waals surface area contributed by atoms with Crippen LogP contribution in [0.5, 0.6) is 0 Å². The summed E-state index contributed by atoms with van der Waals surface area (Å²) in [4.78, 5) is 0. The predicted octanol–water partition coefficient (Wildman–Crippen LogP) is 2.37. The van der Waals surface area contributed by atoms with Crippen molar-refractivity contribution in [2.45, 2.75) is 26.3 Å². The van der Waals surface area contributed by atoms with E-state index in [4.69, 9.17) is 19.9 Å². The molecule has 0 bridgehead atoms. The number of methoxy groups -OCH3 is 1. The maximum atomic E-state index is 6.14. The van der Waals surface area contributed by atoms with Crippen molar-refractivity contribution in [3.63, 3.8) is 0 Å². The number of nitrogens with two attached hydrogens (primary N) is 1. The standard InChI is InChI=1S/C16H27NO3/c1-13-9-14(2)11-15(10-13)16(17)12-20-6-4-5-19-8-7-18-3/h9-11,16H,4-8,12,17H2,1-3H3. The molecule has 1 rings (SSSR count). The second-order valence-electron chi connectivity index (χ2n) is 5.06. The third-order valence-electron chi connectivity index (χ3n) is 2.98. The fourth-order valence-electron chi connectivity index (χ4n) is 2.04. The first kappa shape index (κ1) is 17.1. The summed E-state index contributed by atoms with van der Waals surface area (Å²) < 4.78 is 15.9. The quantitative estimate of drug-likeness (QED) is 0.669. The van der Waals surface area contributed by atoms with Gasteiger partial charge in [0, 0.05) is 20.3 Å². The van der Waals surface area contributed by atoms with Crippen LogP contribution in [0.4, 0.5) is 0 Å². The van der Waals surface area contributed by atoms with Gasteiger partial charge in [0.15, 0.2) is 0 Å². The molecule has 0 aliphatic carbocycles. The topological polar surface area (TPSA) is 53.7 Å².